The summed E-state index contributed by atoms with van der Waals surface area (Å²) >= 11 is 0. The summed E-state index contributed by atoms with van der Waals surface area (Å²) in [5, 5.41) is 11.6. The van der Waals surface area contributed by atoms with Crippen molar-refractivity contribution >= 4 is 11.6 Å². The van der Waals surface area contributed by atoms with Crippen LogP contribution in [0.1, 0.15) is 22.8 Å². The molecule has 0 bridgehead atoms. The van der Waals surface area contributed by atoms with Gasteiger partial charge in [-0.05, 0) is 30.5 Å². The molecule has 0 heterocycles. The van der Waals surface area contributed by atoms with Crippen molar-refractivity contribution in [3.8, 4) is 0 Å². The summed E-state index contributed by atoms with van der Waals surface area (Å²) < 4.78 is 0. The van der Waals surface area contributed by atoms with E-state index >= 15 is 0 Å². The Balaban J connectivity index is 2.63. The zero-order valence-electron chi connectivity index (χ0n) is 9.66. The van der Waals surface area contributed by atoms with Crippen molar-refractivity contribution in [2.45, 2.75) is 13.8 Å². The summed E-state index contributed by atoms with van der Waals surface area (Å²) in [5.74, 6) is -0.0984. The largest absolute Gasteiger partial charge is 0.398 e. The number of nitrogen functional groups attached to an aromatic ring is 1. The lowest BCUT2D eigenvalue weighted by Gasteiger charge is -2.10. The number of anilines is 1. The molecular weight excluding hydrogens is 204 g/mol. The molecular formula is C12H18N2O2. The lowest BCUT2D eigenvalue weighted by atomic mass is 10.1. The summed E-state index contributed by atoms with van der Waals surface area (Å²) in [6.07, 6.45) is 0. The Morgan fingerprint density at radius 2 is 2.25 bits per heavy atom. The van der Waals surface area contributed by atoms with E-state index in [-0.39, 0.29) is 18.4 Å². The van der Waals surface area contributed by atoms with E-state index in [9.17, 15) is 4.79 Å². The minimum atomic E-state index is -0.160. The molecule has 0 aliphatic carbocycles. The summed E-state index contributed by atoms with van der Waals surface area (Å²) in [4.78, 5) is 11.7. The molecule has 0 spiro atoms. The molecule has 0 saturated heterocycles. The van der Waals surface area contributed by atoms with Gasteiger partial charge in [0, 0.05) is 24.4 Å². The highest BCUT2D eigenvalue weighted by atomic mass is 16.3. The number of aliphatic hydroxyl groups excluding tert-OH is 1. The molecule has 0 aliphatic rings. The predicted octanol–water partition coefficient (Wildman–Crippen LogP) is 0.935. The van der Waals surface area contributed by atoms with Crippen LogP contribution in [0.5, 0.6) is 0 Å². The number of aliphatic hydroxyl groups is 1. The van der Waals surface area contributed by atoms with E-state index in [4.69, 9.17) is 10.8 Å². The zero-order chi connectivity index (χ0) is 12.1. The standard InChI is InChI=1S/C12H18N2O2/c1-8(7-15)6-14-12(16)10-4-3-9(2)11(13)5-10/h3-5,8,15H,6-7,13H2,1-2H3,(H,14,16). The molecule has 0 aliphatic heterocycles. The second-order valence-corrected chi connectivity index (χ2v) is 4.07. The summed E-state index contributed by atoms with van der Waals surface area (Å²) in [7, 11) is 0. The Morgan fingerprint density at radius 3 is 2.81 bits per heavy atom. The second-order valence-electron chi connectivity index (χ2n) is 4.07. The van der Waals surface area contributed by atoms with Crippen molar-refractivity contribution in [1.29, 1.82) is 0 Å². The molecule has 4 nitrogen and oxygen atoms in total. The Bertz CT molecular complexity index is 377. The molecule has 4 N–H and O–H groups in total. The second kappa shape index (κ2) is 5.51. The van der Waals surface area contributed by atoms with Gasteiger partial charge in [-0.2, -0.15) is 0 Å². The number of benzene rings is 1. The van der Waals surface area contributed by atoms with Gasteiger partial charge in [-0.15, -0.1) is 0 Å². The van der Waals surface area contributed by atoms with Gasteiger partial charge < -0.3 is 16.2 Å². The highest BCUT2D eigenvalue weighted by Gasteiger charge is 2.08. The molecule has 1 aromatic carbocycles. The molecule has 16 heavy (non-hydrogen) atoms. The fourth-order valence-electron chi connectivity index (χ4n) is 1.22. The van der Waals surface area contributed by atoms with Crippen molar-refractivity contribution < 1.29 is 9.90 Å². The molecule has 1 aromatic rings. The van der Waals surface area contributed by atoms with Gasteiger partial charge in [0.15, 0.2) is 0 Å². The third kappa shape index (κ3) is 3.24. The van der Waals surface area contributed by atoms with E-state index in [1.165, 1.54) is 0 Å². The van der Waals surface area contributed by atoms with Crippen LogP contribution in [-0.2, 0) is 0 Å². The van der Waals surface area contributed by atoms with Gasteiger partial charge in [0.05, 0.1) is 0 Å². The van der Waals surface area contributed by atoms with E-state index in [1.807, 2.05) is 19.9 Å². The van der Waals surface area contributed by atoms with Crippen LogP contribution >= 0.6 is 0 Å². The summed E-state index contributed by atoms with van der Waals surface area (Å²) in [6.45, 7) is 4.29. The van der Waals surface area contributed by atoms with Crippen LogP contribution in [0.3, 0.4) is 0 Å². The van der Waals surface area contributed by atoms with Crippen molar-refractivity contribution in [2.24, 2.45) is 5.92 Å². The van der Waals surface area contributed by atoms with Crippen LogP contribution in [-0.4, -0.2) is 24.2 Å². The van der Waals surface area contributed by atoms with E-state index < -0.39 is 0 Å². The van der Waals surface area contributed by atoms with E-state index in [1.54, 1.807) is 12.1 Å². The van der Waals surface area contributed by atoms with Crippen LogP contribution in [0.2, 0.25) is 0 Å². The molecule has 88 valence electrons. The van der Waals surface area contributed by atoms with Gasteiger partial charge in [0.1, 0.15) is 0 Å². The lowest BCUT2D eigenvalue weighted by Crippen LogP contribution is -2.29. The molecule has 0 aromatic heterocycles. The van der Waals surface area contributed by atoms with Crippen LogP contribution in [0, 0.1) is 12.8 Å². The number of hydrogen-bond acceptors (Lipinski definition) is 3. The quantitative estimate of drug-likeness (QED) is 0.663. The average Bonchev–Trinajstić information content (AvgIpc) is 2.29. The average molecular weight is 222 g/mol. The number of amides is 1. The maximum absolute atomic E-state index is 11.7. The Labute approximate surface area is 95.5 Å². The van der Waals surface area contributed by atoms with Gasteiger partial charge in [0.25, 0.3) is 5.91 Å². The van der Waals surface area contributed by atoms with Crippen LogP contribution in [0.15, 0.2) is 18.2 Å². The molecule has 1 amide bonds. The van der Waals surface area contributed by atoms with Crippen molar-refractivity contribution in [3.63, 3.8) is 0 Å². The van der Waals surface area contributed by atoms with Gasteiger partial charge >= 0.3 is 0 Å². The first-order chi connectivity index (χ1) is 7.54. The fourth-order valence-corrected chi connectivity index (χ4v) is 1.22. The minimum absolute atomic E-state index is 0.0618. The van der Waals surface area contributed by atoms with Gasteiger partial charge in [-0.3, -0.25) is 4.79 Å². The Kier molecular flexibility index (Phi) is 4.31. The van der Waals surface area contributed by atoms with Crippen molar-refractivity contribution in [3.05, 3.63) is 29.3 Å². The fraction of sp³-hybridized carbons (Fsp3) is 0.417. The van der Waals surface area contributed by atoms with E-state index in [0.29, 0.717) is 17.8 Å². The van der Waals surface area contributed by atoms with Crippen LogP contribution in [0.4, 0.5) is 5.69 Å². The molecule has 0 radical (unpaired) electrons. The first-order valence-electron chi connectivity index (χ1n) is 5.29. The highest BCUT2D eigenvalue weighted by molar-refractivity contribution is 5.95. The summed E-state index contributed by atoms with van der Waals surface area (Å²) in [5.41, 5.74) is 7.84. The third-order valence-electron chi connectivity index (χ3n) is 2.46. The number of hydrogen-bond donors (Lipinski definition) is 3. The number of carbonyl (C=O) groups excluding carboxylic acids is 1. The smallest absolute Gasteiger partial charge is 0.251 e. The van der Waals surface area contributed by atoms with Gasteiger partial charge in [-0.1, -0.05) is 13.0 Å². The molecule has 1 unspecified atom stereocenters. The van der Waals surface area contributed by atoms with Crippen molar-refractivity contribution in [1.82, 2.24) is 5.32 Å². The highest BCUT2D eigenvalue weighted by Crippen LogP contribution is 2.12. The minimum Gasteiger partial charge on any atom is -0.398 e. The summed E-state index contributed by atoms with van der Waals surface area (Å²) in [6, 6.07) is 5.22. The topological polar surface area (TPSA) is 75.3 Å². The lowest BCUT2D eigenvalue weighted by molar-refractivity contribution is 0.0942. The molecule has 1 atom stereocenters. The van der Waals surface area contributed by atoms with E-state index in [0.717, 1.165) is 5.56 Å². The zero-order valence-corrected chi connectivity index (χ0v) is 9.66. The number of rotatable bonds is 4. The Hall–Kier alpha value is -1.55. The predicted molar refractivity (Wildman–Crippen MR) is 64.2 cm³/mol. The number of carbonyl (C=O) groups is 1. The van der Waals surface area contributed by atoms with Crippen molar-refractivity contribution in [2.75, 3.05) is 18.9 Å². The molecule has 4 heteroatoms. The molecule has 0 saturated carbocycles. The first kappa shape index (κ1) is 12.5. The van der Waals surface area contributed by atoms with Gasteiger partial charge in [-0.25, -0.2) is 0 Å². The normalized spacial score (nSPS) is 12.2. The van der Waals surface area contributed by atoms with Crippen LogP contribution in [0.25, 0.3) is 0 Å². The monoisotopic (exact) mass is 222 g/mol. The SMILES string of the molecule is Cc1ccc(C(=O)NCC(C)CO)cc1N. The molecule has 1 rings (SSSR count). The maximum atomic E-state index is 11.7. The van der Waals surface area contributed by atoms with Crippen LogP contribution < -0.4 is 11.1 Å². The molecule has 0 fully saturated rings. The van der Waals surface area contributed by atoms with Gasteiger partial charge in [0.2, 0.25) is 0 Å². The first-order valence-corrected chi connectivity index (χ1v) is 5.29. The van der Waals surface area contributed by atoms with E-state index in [2.05, 4.69) is 5.32 Å². The third-order valence-corrected chi connectivity index (χ3v) is 2.46. The Morgan fingerprint density at radius 1 is 1.56 bits per heavy atom. The number of nitrogens with two attached hydrogens (primary N) is 1. The number of aryl methyl sites for hydroxylation is 1. The number of nitrogens with one attached hydrogen (secondary N) is 1. The maximum Gasteiger partial charge on any atom is 0.251 e.